The third kappa shape index (κ3) is 3.05. The minimum Gasteiger partial charge on any atom is -0.395 e. The van der Waals surface area contributed by atoms with Gasteiger partial charge in [-0.1, -0.05) is 22.0 Å². The van der Waals surface area contributed by atoms with E-state index in [4.69, 9.17) is 0 Å². The molecule has 1 aliphatic rings. The Bertz CT molecular complexity index is 393. The highest BCUT2D eigenvalue weighted by molar-refractivity contribution is 9.10. The summed E-state index contributed by atoms with van der Waals surface area (Å²) in [6, 6.07) is 7.00. The van der Waals surface area contributed by atoms with Crippen LogP contribution in [0.3, 0.4) is 0 Å². The van der Waals surface area contributed by atoms with Crippen molar-refractivity contribution in [2.24, 2.45) is 0 Å². The van der Waals surface area contributed by atoms with Crippen molar-refractivity contribution in [2.75, 3.05) is 25.1 Å². The summed E-state index contributed by atoms with van der Waals surface area (Å²) < 4.78 is 1.10. The van der Waals surface area contributed by atoms with Crippen molar-refractivity contribution in [1.82, 2.24) is 5.32 Å². The number of aliphatic hydroxyl groups excluding tert-OH is 1. The molecular weight excluding hydrogens is 292 g/mol. The zero-order valence-corrected chi connectivity index (χ0v) is 12.4. The molecule has 0 spiro atoms. The zero-order chi connectivity index (χ0) is 13.0. The summed E-state index contributed by atoms with van der Waals surface area (Å²) in [4.78, 5) is 2.36. The maximum absolute atomic E-state index is 9.29. The number of nitrogens with one attached hydrogen (secondary N) is 1. The van der Waals surface area contributed by atoms with Crippen molar-refractivity contribution in [2.45, 2.75) is 31.8 Å². The number of hydrogen-bond acceptors (Lipinski definition) is 3. The van der Waals surface area contributed by atoms with E-state index in [9.17, 15) is 5.11 Å². The van der Waals surface area contributed by atoms with Crippen LogP contribution in [0.15, 0.2) is 22.7 Å². The summed E-state index contributed by atoms with van der Waals surface area (Å²) in [6.45, 7) is 1.79. The highest BCUT2D eigenvalue weighted by Crippen LogP contribution is 2.33. The van der Waals surface area contributed by atoms with E-state index in [1.54, 1.807) is 0 Å². The normalized spacial score (nSPS) is 15.5. The summed E-state index contributed by atoms with van der Waals surface area (Å²) in [7, 11) is 1.96. The van der Waals surface area contributed by atoms with Crippen LogP contribution in [-0.2, 0) is 6.54 Å². The number of hydrogen-bond donors (Lipinski definition) is 2. The molecule has 0 unspecified atom stereocenters. The number of halogens is 1. The van der Waals surface area contributed by atoms with Crippen molar-refractivity contribution < 1.29 is 5.11 Å². The standard InChI is InChI=1S/C14H21BrN2O/c1-16-10-11-5-6-12(15)9-14(11)17(7-8-18)13-3-2-4-13/h5-6,9,13,16,18H,2-4,7-8,10H2,1H3. The van der Waals surface area contributed by atoms with Crippen LogP contribution in [-0.4, -0.2) is 31.3 Å². The Morgan fingerprint density at radius 2 is 2.22 bits per heavy atom. The molecule has 0 bridgehead atoms. The molecule has 4 heteroatoms. The van der Waals surface area contributed by atoms with Crippen LogP contribution in [0.4, 0.5) is 5.69 Å². The number of aliphatic hydroxyl groups is 1. The molecule has 2 N–H and O–H groups in total. The van der Waals surface area contributed by atoms with Crippen LogP contribution in [0.1, 0.15) is 24.8 Å². The lowest BCUT2D eigenvalue weighted by Crippen LogP contribution is -2.42. The van der Waals surface area contributed by atoms with Crippen LogP contribution in [0.5, 0.6) is 0 Å². The number of nitrogens with zero attached hydrogens (tertiary/aromatic N) is 1. The van der Waals surface area contributed by atoms with Crippen molar-refractivity contribution >= 4 is 21.6 Å². The van der Waals surface area contributed by atoms with E-state index < -0.39 is 0 Å². The number of rotatable bonds is 6. The highest BCUT2D eigenvalue weighted by Gasteiger charge is 2.26. The Morgan fingerprint density at radius 1 is 1.44 bits per heavy atom. The van der Waals surface area contributed by atoms with E-state index in [0.29, 0.717) is 6.04 Å². The first-order chi connectivity index (χ1) is 8.76. The first-order valence-corrected chi connectivity index (χ1v) is 7.36. The fraction of sp³-hybridized carbons (Fsp3) is 0.571. The van der Waals surface area contributed by atoms with Gasteiger partial charge in [0.15, 0.2) is 0 Å². The van der Waals surface area contributed by atoms with Gasteiger partial charge in [-0.25, -0.2) is 0 Å². The Hall–Kier alpha value is -0.580. The maximum atomic E-state index is 9.29. The smallest absolute Gasteiger partial charge is 0.0606 e. The van der Waals surface area contributed by atoms with Crippen LogP contribution < -0.4 is 10.2 Å². The van der Waals surface area contributed by atoms with Gasteiger partial charge in [-0.3, -0.25) is 0 Å². The fourth-order valence-electron chi connectivity index (χ4n) is 2.45. The molecule has 0 aromatic heterocycles. The molecule has 2 rings (SSSR count). The summed E-state index contributed by atoms with van der Waals surface area (Å²) in [5.74, 6) is 0. The van der Waals surface area contributed by atoms with Crippen LogP contribution in [0.25, 0.3) is 0 Å². The Balaban J connectivity index is 2.28. The van der Waals surface area contributed by atoms with Gasteiger partial charge in [-0.2, -0.15) is 0 Å². The molecule has 1 aliphatic carbocycles. The first kappa shape index (κ1) is 13.8. The molecule has 0 atom stereocenters. The minimum atomic E-state index is 0.210. The molecule has 1 saturated carbocycles. The van der Waals surface area contributed by atoms with Crippen molar-refractivity contribution in [3.05, 3.63) is 28.2 Å². The molecule has 0 radical (unpaired) electrons. The first-order valence-electron chi connectivity index (χ1n) is 6.56. The van der Waals surface area contributed by atoms with E-state index in [2.05, 4.69) is 44.3 Å². The van der Waals surface area contributed by atoms with E-state index in [1.165, 1.54) is 30.5 Å². The van der Waals surface area contributed by atoms with Gasteiger partial charge in [-0.15, -0.1) is 0 Å². The van der Waals surface area contributed by atoms with Crippen molar-refractivity contribution in [3.8, 4) is 0 Å². The van der Waals surface area contributed by atoms with Gasteiger partial charge in [0.1, 0.15) is 0 Å². The molecule has 1 aromatic carbocycles. The second-order valence-corrected chi connectivity index (χ2v) is 5.72. The Morgan fingerprint density at radius 3 is 2.78 bits per heavy atom. The number of anilines is 1. The lowest BCUT2D eigenvalue weighted by Gasteiger charge is -2.40. The summed E-state index contributed by atoms with van der Waals surface area (Å²) in [5.41, 5.74) is 2.54. The monoisotopic (exact) mass is 312 g/mol. The second-order valence-electron chi connectivity index (χ2n) is 4.81. The predicted molar refractivity (Wildman–Crippen MR) is 79.0 cm³/mol. The molecule has 0 saturated heterocycles. The van der Waals surface area contributed by atoms with Crippen molar-refractivity contribution in [1.29, 1.82) is 0 Å². The largest absolute Gasteiger partial charge is 0.395 e. The maximum Gasteiger partial charge on any atom is 0.0606 e. The second kappa shape index (κ2) is 6.55. The molecule has 100 valence electrons. The van der Waals surface area contributed by atoms with Gasteiger partial charge >= 0.3 is 0 Å². The molecular formula is C14H21BrN2O. The van der Waals surface area contributed by atoms with E-state index >= 15 is 0 Å². The van der Waals surface area contributed by atoms with Crippen molar-refractivity contribution in [3.63, 3.8) is 0 Å². The molecule has 1 aromatic rings. The third-order valence-electron chi connectivity index (χ3n) is 3.58. The van der Waals surface area contributed by atoms with Gasteiger partial charge in [0.25, 0.3) is 0 Å². The zero-order valence-electron chi connectivity index (χ0n) is 10.8. The van der Waals surface area contributed by atoms with E-state index in [1.807, 2.05) is 7.05 Å². The summed E-state index contributed by atoms with van der Waals surface area (Å²) in [6.07, 6.45) is 3.79. The van der Waals surface area contributed by atoms with Crippen LogP contribution in [0.2, 0.25) is 0 Å². The van der Waals surface area contributed by atoms with Gasteiger partial charge in [-0.05, 0) is 44.0 Å². The predicted octanol–water partition coefficient (Wildman–Crippen LogP) is 2.52. The lowest BCUT2D eigenvalue weighted by atomic mass is 9.90. The molecule has 0 heterocycles. The minimum absolute atomic E-state index is 0.210. The molecule has 18 heavy (non-hydrogen) atoms. The average molecular weight is 313 g/mol. The Kier molecular flexibility index (Phi) is 5.03. The van der Waals surface area contributed by atoms with E-state index in [-0.39, 0.29) is 6.61 Å². The average Bonchev–Trinajstić information content (AvgIpc) is 2.29. The van der Waals surface area contributed by atoms with Gasteiger partial charge in [0.05, 0.1) is 6.61 Å². The molecule has 0 aliphatic heterocycles. The van der Waals surface area contributed by atoms with Crippen LogP contribution >= 0.6 is 15.9 Å². The van der Waals surface area contributed by atoms with Crippen LogP contribution in [0, 0.1) is 0 Å². The SMILES string of the molecule is CNCc1ccc(Br)cc1N(CCO)C1CCC1. The topological polar surface area (TPSA) is 35.5 Å². The van der Waals surface area contributed by atoms with Gasteiger partial charge in [0.2, 0.25) is 0 Å². The quantitative estimate of drug-likeness (QED) is 0.847. The Labute approximate surface area is 117 Å². The number of benzene rings is 1. The van der Waals surface area contributed by atoms with Gasteiger partial charge in [0, 0.05) is 29.3 Å². The highest BCUT2D eigenvalue weighted by atomic mass is 79.9. The molecule has 0 amide bonds. The molecule has 3 nitrogen and oxygen atoms in total. The fourth-order valence-corrected chi connectivity index (χ4v) is 2.80. The molecule has 1 fully saturated rings. The lowest BCUT2D eigenvalue weighted by molar-refractivity contribution is 0.283. The van der Waals surface area contributed by atoms with Gasteiger partial charge < -0.3 is 15.3 Å². The van der Waals surface area contributed by atoms with E-state index in [0.717, 1.165) is 17.6 Å². The summed E-state index contributed by atoms with van der Waals surface area (Å²) >= 11 is 3.55. The summed E-state index contributed by atoms with van der Waals surface area (Å²) in [5, 5.41) is 12.5. The third-order valence-corrected chi connectivity index (χ3v) is 4.07.